The lowest BCUT2D eigenvalue weighted by atomic mass is 10.4. The third-order valence-electron chi connectivity index (χ3n) is 0.926. The van der Waals surface area contributed by atoms with Crippen LogP contribution in [-0.4, -0.2) is 10.2 Å². The summed E-state index contributed by atoms with van der Waals surface area (Å²) in [6.45, 7) is 0. The minimum Gasteiger partial charge on any atom is -0.291 e. The van der Waals surface area contributed by atoms with Gasteiger partial charge in [0.25, 0.3) is 0 Å². The van der Waals surface area contributed by atoms with Gasteiger partial charge in [0.1, 0.15) is 4.60 Å². The standard InChI is InChI=1S/C5H4Br2N2O/c6-3-1-4(9-10)5(7)8-2-3/h1-2,9-10H. The molecule has 0 atom stereocenters. The van der Waals surface area contributed by atoms with Crippen molar-refractivity contribution in [2.24, 2.45) is 0 Å². The lowest BCUT2D eigenvalue weighted by Crippen LogP contribution is -1.91. The number of nitrogens with zero attached hydrogens (tertiary/aromatic N) is 1. The van der Waals surface area contributed by atoms with E-state index >= 15 is 0 Å². The van der Waals surface area contributed by atoms with E-state index in [1.165, 1.54) is 0 Å². The fourth-order valence-corrected chi connectivity index (χ4v) is 1.14. The van der Waals surface area contributed by atoms with Gasteiger partial charge >= 0.3 is 0 Å². The Bertz CT molecular complexity index is 241. The zero-order chi connectivity index (χ0) is 7.56. The molecule has 0 aromatic carbocycles. The third kappa shape index (κ3) is 1.68. The first-order valence-corrected chi connectivity index (χ1v) is 4.04. The van der Waals surface area contributed by atoms with Gasteiger partial charge in [0.05, 0.1) is 5.69 Å². The molecule has 0 amide bonds. The van der Waals surface area contributed by atoms with Crippen LogP contribution in [0.3, 0.4) is 0 Å². The van der Waals surface area contributed by atoms with Gasteiger partial charge in [-0.2, -0.15) is 0 Å². The highest BCUT2D eigenvalue weighted by Crippen LogP contribution is 2.22. The molecular weight excluding hydrogens is 264 g/mol. The highest BCUT2D eigenvalue weighted by molar-refractivity contribution is 9.11. The van der Waals surface area contributed by atoms with Crippen LogP contribution in [-0.2, 0) is 0 Å². The van der Waals surface area contributed by atoms with Crippen molar-refractivity contribution in [2.45, 2.75) is 0 Å². The number of hydrogen-bond acceptors (Lipinski definition) is 3. The van der Waals surface area contributed by atoms with Crippen LogP contribution in [0.15, 0.2) is 21.3 Å². The SMILES string of the molecule is ONc1cc(Br)cnc1Br. The summed E-state index contributed by atoms with van der Waals surface area (Å²) in [6.07, 6.45) is 1.63. The second-order valence-electron chi connectivity index (χ2n) is 1.60. The first kappa shape index (κ1) is 7.97. The number of pyridine rings is 1. The molecule has 54 valence electrons. The maximum atomic E-state index is 8.50. The Balaban J connectivity index is 3.09. The second kappa shape index (κ2) is 3.32. The summed E-state index contributed by atoms with van der Waals surface area (Å²) in [5.74, 6) is 0. The van der Waals surface area contributed by atoms with E-state index in [0.29, 0.717) is 10.3 Å². The fourth-order valence-electron chi connectivity index (χ4n) is 0.501. The van der Waals surface area contributed by atoms with Gasteiger partial charge in [-0.25, -0.2) is 4.98 Å². The molecule has 0 spiro atoms. The molecular formula is C5H4Br2N2O. The van der Waals surface area contributed by atoms with E-state index < -0.39 is 0 Å². The highest BCUT2D eigenvalue weighted by Gasteiger charge is 1.98. The Labute approximate surface area is 74.7 Å². The summed E-state index contributed by atoms with van der Waals surface area (Å²) in [5.41, 5.74) is 2.53. The smallest absolute Gasteiger partial charge is 0.131 e. The molecule has 5 heteroatoms. The largest absolute Gasteiger partial charge is 0.291 e. The van der Waals surface area contributed by atoms with Crippen LogP contribution < -0.4 is 5.48 Å². The third-order valence-corrected chi connectivity index (χ3v) is 1.99. The van der Waals surface area contributed by atoms with Crippen LogP contribution in [0.25, 0.3) is 0 Å². The van der Waals surface area contributed by atoms with Gasteiger partial charge in [0.2, 0.25) is 0 Å². The van der Waals surface area contributed by atoms with Gasteiger partial charge in [-0.15, -0.1) is 0 Å². The normalized spacial score (nSPS) is 9.50. The Morgan fingerprint density at radius 3 is 2.70 bits per heavy atom. The summed E-state index contributed by atoms with van der Waals surface area (Å²) in [7, 11) is 0. The number of hydrogen-bond donors (Lipinski definition) is 2. The van der Waals surface area contributed by atoms with E-state index in [1.54, 1.807) is 12.3 Å². The van der Waals surface area contributed by atoms with Crippen molar-refractivity contribution in [2.75, 3.05) is 5.48 Å². The predicted molar refractivity (Wildman–Crippen MR) is 45.0 cm³/mol. The molecule has 0 aliphatic rings. The molecule has 0 aliphatic carbocycles. The summed E-state index contributed by atoms with van der Waals surface area (Å²) in [5, 5.41) is 8.50. The van der Waals surface area contributed by atoms with E-state index in [-0.39, 0.29) is 0 Å². The van der Waals surface area contributed by atoms with Gasteiger partial charge in [-0.3, -0.25) is 10.7 Å². The zero-order valence-corrected chi connectivity index (χ0v) is 7.98. The summed E-state index contributed by atoms with van der Waals surface area (Å²) < 4.78 is 1.39. The van der Waals surface area contributed by atoms with Crippen molar-refractivity contribution in [3.05, 3.63) is 21.3 Å². The van der Waals surface area contributed by atoms with Crippen LogP contribution >= 0.6 is 31.9 Å². The average Bonchev–Trinajstić information content (AvgIpc) is 1.94. The monoisotopic (exact) mass is 266 g/mol. The van der Waals surface area contributed by atoms with Crippen molar-refractivity contribution in [3.8, 4) is 0 Å². The number of rotatable bonds is 1. The number of nitrogens with one attached hydrogen (secondary N) is 1. The molecule has 3 nitrogen and oxygen atoms in total. The maximum absolute atomic E-state index is 8.50. The maximum Gasteiger partial charge on any atom is 0.131 e. The van der Waals surface area contributed by atoms with Crippen molar-refractivity contribution >= 4 is 37.5 Å². The lowest BCUT2D eigenvalue weighted by Gasteiger charge is -1.99. The fraction of sp³-hybridized carbons (Fsp3) is 0. The van der Waals surface area contributed by atoms with E-state index in [0.717, 1.165) is 4.47 Å². The highest BCUT2D eigenvalue weighted by atomic mass is 79.9. The van der Waals surface area contributed by atoms with E-state index in [9.17, 15) is 0 Å². The molecule has 10 heavy (non-hydrogen) atoms. The summed E-state index contributed by atoms with van der Waals surface area (Å²) in [4.78, 5) is 3.90. The minimum absolute atomic E-state index is 0.536. The molecule has 1 heterocycles. The second-order valence-corrected chi connectivity index (χ2v) is 3.27. The van der Waals surface area contributed by atoms with Gasteiger partial charge < -0.3 is 0 Å². The lowest BCUT2D eigenvalue weighted by molar-refractivity contribution is 0.388. The molecule has 0 bridgehead atoms. The number of anilines is 1. The van der Waals surface area contributed by atoms with Crippen LogP contribution in [0.2, 0.25) is 0 Å². The molecule has 1 aromatic rings. The summed E-state index contributed by atoms with van der Waals surface area (Å²) >= 11 is 6.34. The van der Waals surface area contributed by atoms with Crippen molar-refractivity contribution in [3.63, 3.8) is 0 Å². The van der Waals surface area contributed by atoms with E-state index in [4.69, 9.17) is 5.21 Å². The quantitative estimate of drug-likeness (QED) is 0.607. The number of halogens is 2. The molecule has 0 saturated heterocycles. The van der Waals surface area contributed by atoms with Gasteiger partial charge in [0.15, 0.2) is 0 Å². The van der Waals surface area contributed by atoms with Gasteiger partial charge in [0, 0.05) is 10.7 Å². The van der Waals surface area contributed by atoms with Crippen LogP contribution in [0, 0.1) is 0 Å². The number of aromatic nitrogens is 1. The van der Waals surface area contributed by atoms with E-state index in [1.807, 2.05) is 5.48 Å². The van der Waals surface area contributed by atoms with Crippen LogP contribution in [0.5, 0.6) is 0 Å². The molecule has 0 aliphatic heterocycles. The Hall–Kier alpha value is -0.130. The molecule has 0 fully saturated rings. The average molecular weight is 268 g/mol. The van der Waals surface area contributed by atoms with E-state index in [2.05, 4.69) is 36.8 Å². The van der Waals surface area contributed by atoms with Crippen LogP contribution in [0.1, 0.15) is 0 Å². The Kier molecular flexibility index (Phi) is 2.64. The predicted octanol–water partition coefficient (Wildman–Crippen LogP) is 2.41. The molecule has 0 radical (unpaired) electrons. The Morgan fingerprint density at radius 1 is 1.50 bits per heavy atom. The van der Waals surface area contributed by atoms with Crippen molar-refractivity contribution < 1.29 is 5.21 Å². The summed E-state index contributed by atoms with van der Waals surface area (Å²) in [6, 6.07) is 1.71. The molecule has 2 N–H and O–H groups in total. The minimum atomic E-state index is 0.536. The molecule has 0 saturated carbocycles. The van der Waals surface area contributed by atoms with Crippen molar-refractivity contribution in [1.29, 1.82) is 0 Å². The molecule has 1 rings (SSSR count). The Morgan fingerprint density at radius 2 is 2.20 bits per heavy atom. The topological polar surface area (TPSA) is 45.1 Å². The first-order chi connectivity index (χ1) is 4.74. The van der Waals surface area contributed by atoms with Gasteiger partial charge in [-0.05, 0) is 37.9 Å². The van der Waals surface area contributed by atoms with Crippen LogP contribution in [0.4, 0.5) is 5.69 Å². The zero-order valence-electron chi connectivity index (χ0n) is 4.81. The first-order valence-electron chi connectivity index (χ1n) is 2.45. The van der Waals surface area contributed by atoms with Gasteiger partial charge in [-0.1, -0.05) is 0 Å². The van der Waals surface area contributed by atoms with Crippen molar-refractivity contribution in [1.82, 2.24) is 4.98 Å². The molecule has 1 aromatic heterocycles. The molecule has 0 unspecified atom stereocenters.